The topological polar surface area (TPSA) is 97.5 Å². The zero-order valence-electron chi connectivity index (χ0n) is 13.3. The number of nitrogens with zero attached hydrogens (tertiary/aromatic N) is 1. The molecule has 2 rings (SSSR count). The van der Waals surface area contributed by atoms with Gasteiger partial charge in [-0.25, -0.2) is 8.78 Å². The lowest BCUT2D eigenvalue weighted by Crippen LogP contribution is -2.25. The molecule has 0 saturated heterocycles. The molecule has 0 amide bonds. The van der Waals surface area contributed by atoms with Gasteiger partial charge < -0.3 is 0 Å². The van der Waals surface area contributed by atoms with Gasteiger partial charge in [0, 0.05) is 27.7 Å². The Kier molecular flexibility index (Phi) is 3.75. The van der Waals surface area contributed by atoms with Gasteiger partial charge in [0.1, 0.15) is 0 Å². The van der Waals surface area contributed by atoms with Crippen LogP contribution in [0.15, 0.2) is 23.1 Å². The molecule has 1 aromatic rings. The molecule has 0 aliphatic heterocycles. The summed E-state index contributed by atoms with van der Waals surface area (Å²) in [6, 6.07) is 2.31. The molecule has 1 aliphatic rings. The number of benzene rings is 1. The van der Waals surface area contributed by atoms with Crippen molar-refractivity contribution in [1.82, 2.24) is 0 Å². The van der Waals surface area contributed by atoms with Crippen molar-refractivity contribution >= 4 is 15.8 Å². The third kappa shape index (κ3) is 3.98. The average Bonchev–Trinajstić information content (AvgIpc) is 2.45. The van der Waals surface area contributed by atoms with Crippen LogP contribution in [-0.2, 0) is 16.5 Å². The van der Waals surface area contributed by atoms with Gasteiger partial charge in [-0.3, -0.25) is 14.7 Å². The molecule has 0 atom stereocenters. The van der Waals surface area contributed by atoms with Gasteiger partial charge in [-0.1, -0.05) is 0 Å². The lowest BCUT2D eigenvalue weighted by molar-refractivity contribution is -0.385. The van der Waals surface area contributed by atoms with E-state index in [9.17, 15) is 31.9 Å². The predicted molar refractivity (Wildman–Crippen MR) is 73.5 cm³/mol. The predicted octanol–water partition coefficient (Wildman–Crippen LogP) is 3.21. The molecule has 1 N–H and O–H groups in total. The second-order valence-electron chi connectivity index (χ2n) is 5.19. The van der Waals surface area contributed by atoms with Crippen molar-refractivity contribution in [2.75, 3.05) is 0 Å². The summed E-state index contributed by atoms with van der Waals surface area (Å²) in [6.45, 7) is 0. The second kappa shape index (κ2) is 5.88. The fourth-order valence-electron chi connectivity index (χ4n) is 2.37. The number of hydrogen-bond acceptors (Lipinski definition) is 4. The summed E-state index contributed by atoms with van der Waals surface area (Å²) < 4.78 is 75.1. The third-order valence-electron chi connectivity index (χ3n) is 3.53. The fourth-order valence-corrected chi connectivity index (χ4v) is 3.01. The standard InChI is InChI=1S/C13H15F2NO5S/c14-13(15)5-3-9(4-6-13)7-10-8-11(16(17)18)1-2-12(10)22(19,20)21/h1-2,8-9H,3-7H2,(H,19,20,21)/i7D2. The van der Waals surface area contributed by atoms with Gasteiger partial charge in [0.15, 0.2) is 0 Å². The molecule has 1 aliphatic carbocycles. The Labute approximate surface area is 128 Å². The van der Waals surface area contributed by atoms with E-state index in [1.54, 1.807) is 0 Å². The minimum absolute atomic E-state index is 0.201. The van der Waals surface area contributed by atoms with Crippen molar-refractivity contribution < 1.29 is 29.4 Å². The molecule has 0 spiro atoms. The number of alkyl halides is 2. The van der Waals surface area contributed by atoms with Crippen molar-refractivity contribution in [3.8, 4) is 0 Å². The monoisotopic (exact) mass is 337 g/mol. The van der Waals surface area contributed by atoms with Gasteiger partial charge >= 0.3 is 0 Å². The quantitative estimate of drug-likeness (QED) is 0.517. The summed E-state index contributed by atoms with van der Waals surface area (Å²) >= 11 is 0. The lowest BCUT2D eigenvalue weighted by atomic mass is 9.83. The Hall–Kier alpha value is -1.61. The molecule has 0 bridgehead atoms. The molecule has 9 heteroatoms. The first-order valence-electron chi connectivity index (χ1n) is 7.49. The molecule has 0 heterocycles. The molecule has 1 fully saturated rings. The van der Waals surface area contributed by atoms with Crippen LogP contribution >= 0.6 is 0 Å². The Bertz CT molecular complexity index is 760. The Morgan fingerprint density at radius 3 is 2.50 bits per heavy atom. The maximum atomic E-state index is 13.3. The Morgan fingerprint density at radius 1 is 1.41 bits per heavy atom. The van der Waals surface area contributed by atoms with Crippen LogP contribution in [0.25, 0.3) is 0 Å². The third-order valence-corrected chi connectivity index (χ3v) is 4.44. The minimum Gasteiger partial charge on any atom is -0.282 e. The zero-order chi connectivity index (χ0) is 18.3. The molecular weight excluding hydrogens is 320 g/mol. The Balaban J connectivity index is 2.51. The number of halogens is 2. The molecule has 1 saturated carbocycles. The van der Waals surface area contributed by atoms with E-state index in [4.69, 9.17) is 2.74 Å². The molecule has 1 aromatic carbocycles. The SMILES string of the molecule is [2H]C([2H])(c1cc([N+](=O)[O-])ccc1S(=O)(=O)O)C1CCC(F)(F)CC1. The van der Waals surface area contributed by atoms with Crippen LogP contribution in [-0.4, -0.2) is 23.8 Å². The molecular formula is C13H15F2NO5S. The van der Waals surface area contributed by atoms with Crippen LogP contribution in [0.3, 0.4) is 0 Å². The van der Waals surface area contributed by atoms with Crippen molar-refractivity contribution in [3.05, 3.63) is 33.9 Å². The first kappa shape index (κ1) is 14.0. The maximum Gasteiger partial charge on any atom is 0.294 e. The highest BCUT2D eigenvalue weighted by molar-refractivity contribution is 7.85. The van der Waals surface area contributed by atoms with Crippen LogP contribution < -0.4 is 0 Å². The highest BCUT2D eigenvalue weighted by Gasteiger charge is 2.35. The maximum absolute atomic E-state index is 13.3. The van der Waals surface area contributed by atoms with Crippen LogP contribution in [0.4, 0.5) is 14.5 Å². The number of hydrogen-bond donors (Lipinski definition) is 1. The van der Waals surface area contributed by atoms with E-state index in [1.807, 2.05) is 0 Å². The molecule has 6 nitrogen and oxygen atoms in total. The van der Waals surface area contributed by atoms with Gasteiger partial charge in [0.25, 0.3) is 15.8 Å². The number of nitro groups is 1. The number of nitro benzene ring substituents is 1. The smallest absolute Gasteiger partial charge is 0.282 e. The summed E-state index contributed by atoms with van der Waals surface area (Å²) in [5, 5.41) is 10.9. The zero-order valence-corrected chi connectivity index (χ0v) is 12.1. The van der Waals surface area contributed by atoms with E-state index in [1.165, 1.54) is 0 Å². The summed E-state index contributed by atoms with van der Waals surface area (Å²) in [7, 11) is -4.83. The van der Waals surface area contributed by atoms with Crippen molar-refractivity contribution in [2.24, 2.45) is 5.92 Å². The number of non-ortho nitro benzene ring substituents is 1. The largest absolute Gasteiger partial charge is 0.294 e. The summed E-state index contributed by atoms with van der Waals surface area (Å²) in [5.41, 5.74) is -1.14. The second-order valence-corrected chi connectivity index (χ2v) is 6.58. The normalized spacial score (nSPS) is 21.0. The van der Waals surface area contributed by atoms with Crippen LogP contribution in [0.5, 0.6) is 0 Å². The van der Waals surface area contributed by atoms with Crippen molar-refractivity contribution in [2.45, 2.75) is 42.9 Å². The van der Waals surface area contributed by atoms with E-state index < -0.39 is 62.2 Å². The van der Waals surface area contributed by atoms with Crippen molar-refractivity contribution in [1.29, 1.82) is 0 Å². The van der Waals surface area contributed by atoms with E-state index in [0.29, 0.717) is 0 Å². The summed E-state index contributed by atoms with van der Waals surface area (Å²) in [5.74, 6) is -3.85. The highest BCUT2D eigenvalue weighted by Crippen LogP contribution is 2.38. The van der Waals surface area contributed by atoms with E-state index in [-0.39, 0.29) is 12.8 Å². The van der Waals surface area contributed by atoms with Crippen LogP contribution in [0.1, 0.15) is 34.0 Å². The molecule has 0 radical (unpaired) electrons. The van der Waals surface area contributed by atoms with Crippen LogP contribution in [0, 0.1) is 16.0 Å². The van der Waals surface area contributed by atoms with Crippen LogP contribution in [0.2, 0.25) is 0 Å². The fraction of sp³-hybridized carbons (Fsp3) is 0.538. The van der Waals surface area contributed by atoms with E-state index in [0.717, 1.165) is 18.2 Å². The average molecular weight is 337 g/mol. The Morgan fingerprint density at radius 2 is 2.00 bits per heavy atom. The molecule has 22 heavy (non-hydrogen) atoms. The van der Waals surface area contributed by atoms with Crippen molar-refractivity contribution in [3.63, 3.8) is 0 Å². The van der Waals surface area contributed by atoms with Gasteiger partial charge in [0.2, 0.25) is 5.92 Å². The van der Waals surface area contributed by atoms with Gasteiger partial charge in [-0.15, -0.1) is 0 Å². The minimum atomic E-state index is -4.83. The van der Waals surface area contributed by atoms with Gasteiger partial charge in [0.05, 0.1) is 9.82 Å². The van der Waals surface area contributed by atoms with Gasteiger partial charge in [-0.05, 0) is 36.8 Å². The summed E-state index contributed by atoms with van der Waals surface area (Å²) in [6.07, 6.45) is -3.92. The lowest BCUT2D eigenvalue weighted by Gasteiger charge is -2.28. The van der Waals surface area contributed by atoms with E-state index >= 15 is 0 Å². The van der Waals surface area contributed by atoms with Gasteiger partial charge in [-0.2, -0.15) is 8.42 Å². The molecule has 0 unspecified atom stereocenters. The number of rotatable bonds is 4. The van der Waals surface area contributed by atoms with E-state index in [2.05, 4.69) is 0 Å². The highest BCUT2D eigenvalue weighted by atomic mass is 32.2. The summed E-state index contributed by atoms with van der Waals surface area (Å²) in [4.78, 5) is 9.25. The first-order valence-corrected chi connectivity index (χ1v) is 7.93. The molecule has 0 aromatic heterocycles. The first-order chi connectivity index (χ1) is 10.8. The molecule has 122 valence electrons.